The van der Waals surface area contributed by atoms with Crippen LogP contribution < -0.4 is 16.0 Å². The zero-order valence-corrected chi connectivity index (χ0v) is 12.3. The van der Waals surface area contributed by atoms with Crippen molar-refractivity contribution in [2.75, 3.05) is 23.7 Å². The third kappa shape index (κ3) is 3.49. The van der Waals surface area contributed by atoms with Gasteiger partial charge in [-0.05, 0) is 37.2 Å². The molecular weight excluding hydrogens is 278 g/mol. The SMILES string of the molecule is CC(=O)Nc1ccc(Cl)c(NC(=O)C(C)C2CNC2)c1. The van der Waals surface area contributed by atoms with Gasteiger partial charge in [0.25, 0.3) is 0 Å². The molecule has 1 unspecified atom stereocenters. The molecule has 5 nitrogen and oxygen atoms in total. The van der Waals surface area contributed by atoms with E-state index in [0.717, 1.165) is 13.1 Å². The van der Waals surface area contributed by atoms with Crippen LogP contribution in [0, 0.1) is 11.8 Å². The maximum atomic E-state index is 12.1. The number of nitrogens with one attached hydrogen (secondary N) is 3. The average molecular weight is 296 g/mol. The second-order valence-electron chi connectivity index (χ2n) is 5.07. The Hall–Kier alpha value is -1.59. The van der Waals surface area contributed by atoms with Crippen molar-refractivity contribution in [2.24, 2.45) is 11.8 Å². The van der Waals surface area contributed by atoms with Crippen LogP contribution >= 0.6 is 11.6 Å². The van der Waals surface area contributed by atoms with E-state index in [4.69, 9.17) is 11.6 Å². The minimum absolute atomic E-state index is 0.0571. The molecule has 1 heterocycles. The Balaban J connectivity index is 2.07. The van der Waals surface area contributed by atoms with Crippen LogP contribution in [0.4, 0.5) is 11.4 Å². The molecule has 20 heavy (non-hydrogen) atoms. The summed E-state index contributed by atoms with van der Waals surface area (Å²) in [6.45, 7) is 5.08. The number of carbonyl (C=O) groups excluding carboxylic acids is 2. The highest BCUT2D eigenvalue weighted by Crippen LogP contribution is 2.27. The lowest BCUT2D eigenvalue weighted by Crippen LogP contribution is -2.48. The molecule has 1 aliphatic rings. The van der Waals surface area contributed by atoms with E-state index in [1.807, 2.05) is 6.92 Å². The van der Waals surface area contributed by atoms with Gasteiger partial charge in [0.2, 0.25) is 11.8 Å². The minimum atomic E-state index is -0.168. The highest BCUT2D eigenvalue weighted by molar-refractivity contribution is 6.33. The standard InChI is InChI=1S/C14H18ClN3O2/c1-8(10-6-16-7-10)14(20)18-13-5-11(17-9(2)19)3-4-12(13)15/h3-5,8,10,16H,6-7H2,1-2H3,(H,17,19)(H,18,20). The molecule has 3 N–H and O–H groups in total. The van der Waals surface area contributed by atoms with Gasteiger partial charge in [0.15, 0.2) is 0 Å². The first-order chi connectivity index (χ1) is 9.47. The molecule has 0 aliphatic carbocycles. The summed E-state index contributed by atoms with van der Waals surface area (Å²) >= 11 is 6.07. The second-order valence-corrected chi connectivity index (χ2v) is 5.48. The Morgan fingerprint density at radius 1 is 1.35 bits per heavy atom. The first kappa shape index (κ1) is 14.8. The van der Waals surface area contributed by atoms with Gasteiger partial charge in [-0.3, -0.25) is 9.59 Å². The number of hydrogen-bond donors (Lipinski definition) is 3. The number of halogens is 1. The Labute approximate surface area is 123 Å². The van der Waals surface area contributed by atoms with Crippen molar-refractivity contribution in [3.8, 4) is 0 Å². The number of rotatable bonds is 4. The molecule has 1 saturated heterocycles. The van der Waals surface area contributed by atoms with Crippen LogP contribution in [-0.4, -0.2) is 24.9 Å². The van der Waals surface area contributed by atoms with E-state index < -0.39 is 0 Å². The molecule has 1 aromatic carbocycles. The Kier molecular flexibility index (Phi) is 4.62. The van der Waals surface area contributed by atoms with Crippen LogP contribution in [0.2, 0.25) is 5.02 Å². The molecule has 2 rings (SSSR count). The summed E-state index contributed by atoms with van der Waals surface area (Å²) in [5.74, 6) is 0.0703. The molecule has 1 aliphatic heterocycles. The normalized spacial score (nSPS) is 16.1. The molecule has 0 saturated carbocycles. The lowest BCUT2D eigenvalue weighted by atomic mass is 9.88. The fourth-order valence-electron chi connectivity index (χ4n) is 2.03. The summed E-state index contributed by atoms with van der Waals surface area (Å²) in [5, 5.41) is 9.08. The third-order valence-electron chi connectivity index (χ3n) is 3.48. The zero-order valence-electron chi connectivity index (χ0n) is 11.5. The monoisotopic (exact) mass is 295 g/mol. The highest BCUT2D eigenvalue weighted by atomic mass is 35.5. The van der Waals surface area contributed by atoms with Gasteiger partial charge in [-0.1, -0.05) is 18.5 Å². The summed E-state index contributed by atoms with van der Waals surface area (Å²) in [4.78, 5) is 23.2. The maximum absolute atomic E-state index is 12.1. The first-order valence-corrected chi connectivity index (χ1v) is 6.94. The van der Waals surface area contributed by atoms with E-state index in [2.05, 4.69) is 16.0 Å². The predicted octanol–water partition coefficient (Wildman–Crippen LogP) is 2.09. The van der Waals surface area contributed by atoms with Crippen molar-refractivity contribution in [2.45, 2.75) is 13.8 Å². The van der Waals surface area contributed by atoms with Crippen molar-refractivity contribution >= 4 is 34.8 Å². The molecular formula is C14H18ClN3O2. The van der Waals surface area contributed by atoms with E-state index in [1.54, 1.807) is 18.2 Å². The van der Waals surface area contributed by atoms with Crippen molar-refractivity contribution in [3.63, 3.8) is 0 Å². The molecule has 0 aromatic heterocycles. The number of amides is 2. The molecule has 108 valence electrons. The smallest absolute Gasteiger partial charge is 0.227 e. The van der Waals surface area contributed by atoms with Gasteiger partial charge < -0.3 is 16.0 Å². The molecule has 0 spiro atoms. The number of benzene rings is 1. The lowest BCUT2D eigenvalue weighted by Gasteiger charge is -2.31. The summed E-state index contributed by atoms with van der Waals surface area (Å²) < 4.78 is 0. The van der Waals surface area contributed by atoms with Gasteiger partial charge in [0.05, 0.1) is 10.7 Å². The number of anilines is 2. The first-order valence-electron chi connectivity index (χ1n) is 6.56. The lowest BCUT2D eigenvalue weighted by molar-refractivity contribution is -0.121. The van der Waals surface area contributed by atoms with E-state index >= 15 is 0 Å². The van der Waals surface area contributed by atoms with Crippen LogP contribution in [0.5, 0.6) is 0 Å². The molecule has 0 bridgehead atoms. The topological polar surface area (TPSA) is 70.2 Å². The molecule has 1 fully saturated rings. The van der Waals surface area contributed by atoms with Crippen LogP contribution in [0.1, 0.15) is 13.8 Å². The van der Waals surface area contributed by atoms with E-state index in [0.29, 0.717) is 22.3 Å². The Morgan fingerprint density at radius 3 is 2.60 bits per heavy atom. The van der Waals surface area contributed by atoms with E-state index in [1.165, 1.54) is 6.92 Å². The third-order valence-corrected chi connectivity index (χ3v) is 3.81. The Morgan fingerprint density at radius 2 is 2.05 bits per heavy atom. The zero-order chi connectivity index (χ0) is 14.7. The molecule has 1 aromatic rings. The van der Waals surface area contributed by atoms with Gasteiger partial charge in [0, 0.05) is 18.5 Å². The fourth-order valence-corrected chi connectivity index (χ4v) is 2.19. The maximum Gasteiger partial charge on any atom is 0.227 e. The van der Waals surface area contributed by atoms with Gasteiger partial charge in [-0.2, -0.15) is 0 Å². The average Bonchev–Trinajstić information content (AvgIpc) is 2.30. The molecule has 0 radical (unpaired) electrons. The molecule has 6 heteroatoms. The van der Waals surface area contributed by atoms with Gasteiger partial charge >= 0.3 is 0 Å². The van der Waals surface area contributed by atoms with E-state index in [-0.39, 0.29) is 17.7 Å². The molecule has 1 atom stereocenters. The van der Waals surface area contributed by atoms with Crippen LogP contribution in [0.3, 0.4) is 0 Å². The predicted molar refractivity (Wildman–Crippen MR) is 79.9 cm³/mol. The summed E-state index contributed by atoms with van der Waals surface area (Å²) in [5.41, 5.74) is 1.12. The van der Waals surface area contributed by atoms with Gasteiger partial charge in [0.1, 0.15) is 0 Å². The summed E-state index contributed by atoms with van der Waals surface area (Å²) in [6, 6.07) is 5.00. The van der Waals surface area contributed by atoms with Crippen molar-refractivity contribution < 1.29 is 9.59 Å². The van der Waals surface area contributed by atoms with Gasteiger partial charge in [-0.25, -0.2) is 0 Å². The van der Waals surface area contributed by atoms with Crippen LogP contribution in [0.15, 0.2) is 18.2 Å². The van der Waals surface area contributed by atoms with Gasteiger partial charge in [-0.15, -0.1) is 0 Å². The summed E-state index contributed by atoms with van der Waals surface area (Å²) in [6.07, 6.45) is 0. The number of hydrogen-bond acceptors (Lipinski definition) is 3. The van der Waals surface area contributed by atoms with E-state index in [9.17, 15) is 9.59 Å². The fraction of sp³-hybridized carbons (Fsp3) is 0.429. The second kappa shape index (κ2) is 6.24. The van der Waals surface area contributed by atoms with Crippen molar-refractivity contribution in [3.05, 3.63) is 23.2 Å². The minimum Gasteiger partial charge on any atom is -0.326 e. The van der Waals surface area contributed by atoms with Crippen LogP contribution in [-0.2, 0) is 9.59 Å². The van der Waals surface area contributed by atoms with Crippen molar-refractivity contribution in [1.82, 2.24) is 5.32 Å². The van der Waals surface area contributed by atoms with Crippen LogP contribution in [0.25, 0.3) is 0 Å². The summed E-state index contributed by atoms with van der Waals surface area (Å²) in [7, 11) is 0. The van der Waals surface area contributed by atoms with Crippen molar-refractivity contribution in [1.29, 1.82) is 0 Å². The number of carbonyl (C=O) groups is 2. The highest BCUT2D eigenvalue weighted by Gasteiger charge is 2.28. The quantitative estimate of drug-likeness (QED) is 0.796. The molecule has 2 amide bonds. The largest absolute Gasteiger partial charge is 0.326 e. The Bertz CT molecular complexity index is 529.